The maximum Gasteiger partial charge on any atom is 0.311 e. The van der Waals surface area contributed by atoms with Gasteiger partial charge in [0, 0.05) is 12.2 Å². The van der Waals surface area contributed by atoms with Crippen LogP contribution in [0.5, 0.6) is 0 Å². The van der Waals surface area contributed by atoms with Crippen LogP contribution in [-0.2, 0) is 9.59 Å². The first-order valence-electron chi connectivity index (χ1n) is 6.71. The molecule has 0 saturated heterocycles. The summed E-state index contributed by atoms with van der Waals surface area (Å²) >= 11 is 0. The zero-order chi connectivity index (χ0) is 14.9. The van der Waals surface area contributed by atoms with Gasteiger partial charge < -0.3 is 15.3 Å². The maximum absolute atomic E-state index is 12.6. The molecule has 1 aliphatic rings. The molecule has 5 heteroatoms. The van der Waals surface area contributed by atoms with Crippen molar-refractivity contribution >= 4 is 17.6 Å². The molecule has 1 heterocycles. The minimum atomic E-state index is -0.836. The molecule has 1 aromatic carbocycles. The van der Waals surface area contributed by atoms with Crippen LogP contribution < -0.4 is 10.2 Å². The second-order valence-corrected chi connectivity index (χ2v) is 5.57. The molecule has 0 aliphatic carbocycles. The Hall–Kier alpha value is -1.88. The van der Waals surface area contributed by atoms with Gasteiger partial charge in [0.05, 0.1) is 11.5 Å². The molecule has 1 amide bonds. The Morgan fingerprint density at radius 1 is 1.35 bits per heavy atom. The Kier molecular flexibility index (Phi) is 3.81. The fourth-order valence-electron chi connectivity index (χ4n) is 2.47. The molecule has 2 N–H and O–H groups in total. The molecule has 1 atom stereocenters. The van der Waals surface area contributed by atoms with Crippen molar-refractivity contribution in [2.45, 2.75) is 31.7 Å². The van der Waals surface area contributed by atoms with Crippen molar-refractivity contribution in [2.75, 3.05) is 18.5 Å². The Balaban J connectivity index is 2.42. The summed E-state index contributed by atoms with van der Waals surface area (Å²) < 4.78 is 0. The molecular weight excluding hydrogens is 256 g/mol. The monoisotopic (exact) mass is 276 g/mol. The Bertz CT molecular complexity index is 540. The molecule has 0 radical (unpaired) electrons. The number of benzene rings is 1. The number of aliphatic carboxylic acids is 1. The van der Waals surface area contributed by atoms with E-state index in [1.165, 1.54) is 0 Å². The molecule has 5 nitrogen and oxygen atoms in total. The quantitative estimate of drug-likeness (QED) is 0.879. The van der Waals surface area contributed by atoms with Crippen molar-refractivity contribution in [2.24, 2.45) is 0 Å². The summed E-state index contributed by atoms with van der Waals surface area (Å²) in [6.45, 7) is 4.07. The molecule has 0 spiro atoms. The number of rotatable bonds is 3. The summed E-state index contributed by atoms with van der Waals surface area (Å²) in [6.07, 6.45) is 0.442. The zero-order valence-corrected chi connectivity index (χ0v) is 12.0. The molecule has 0 saturated carbocycles. The summed E-state index contributed by atoms with van der Waals surface area (Å²) in [6, 6.07) is 7.25. The lowest BCUT2D eigenvalue weighted by Crippen LogP contribution is -2.54. The van der Waals surface area contributed by atoms with E-state index in [-0.39, 0.29) is 5.91 Å². The minimum Gasteiger partial charge on any atom is -0.481 e. The van der Waals surface area contributed by atoms with E-state index < -0.39 is 17.4 Å². The number of carboxylic acid groups (broad SMARTS) is 1. The number of nitrogens with zero attached hydrogens (tertiary/aromatic N) is 1. The number of carbonyl (C=O) groups is 2. The second kappa shape index (κ2) is 5.25. The summed E-state index contributed by atoms with van der Waals surface area (Å²) in [4.78, 5) is 25.6. The van der Waals surface area contributed by atoms with Gasteiger partial charge in [-0.3, -0.25) is 9.59 Å². The topological polar surface area (TPSA) is 69.6 Å². The van der Waals surface area contributed by atoms with Crippen molar-refractivity contribution in [3.8, 4) is 0 Å². The average Bonchev–Trinajstić information content (AvgIpc) is 2.45. The first-order chi connectivity index (χ1) is 9.38. The van der Waals surface area contributed by atoms with E-state index in [2.05, 4.69) is 5.32 Å². The van der Waals surface area contributed by atoms with E-state index in [0.29, 0.717) is 24.2 Å². The first-order valence-corrected chi connectivity index (χ1v) is 6.71. The van der Waals surface area contributed by atoms with E-state index in [4.69, 9.17) is 0 Å². The predicted octanol–water partition coefficient (Wildman–Crippen LogP) is 1.59. The van der Waals surface area contributed by atoms with Crippen molar-refractivity contribution < 1.29 is 14.7 Å². The lowest BCUT2D eigenvalue weighted by Gasteiger charge is -2.37. The van der Waals surface area contributed by atoms with Crippen molar-refractivity contribution in [1.29, 1.82) is 0 Å². The number of para-hydroxylation sites is 1. The fourth-order valence-corrected chi connectivity index (χ4v) is 2.47. The largest absolute Gasteiger partial charge is 0.481 e. The number of amides is 1. The number of carboxylic acids is 1. The standard InChI is InChI=1S/C15H20N2O3/c1-15(2,16-3)14(20)17-9-8-11(13(18)19)10-6-4-5-7-12(10)17/h4-7,11,16H,8-9H2,1-3H3,(H,18,19). The van der Waals surface area contributed by atoms with E-state index in [0.717, 1.165) is 0 Å². The minimum absolute atomic E-state index is 0.0451. The normalized spacial score (nSPS) is 18.6. The number of fused-ring (bicyclic) bond motifs is 1. The van der Waals surface area contributed by atoms with E-state index in [1.54, 1.807) is 18.0 Å². The summed E-state index contributed by atoms with van der Waals surface area (Å²) in [5, 5.41) is 12.3. The van der Waals surface area contributed by atoms with Crippen LogP contribution in [0.2, 0.25) is 0 Å². The SMILES string of the molecule is CNC(C)(C)C(=O)N1CCC(C(=O)O)c2ccccc21. The zero-order valence-electron chi connectivity index (χ0n) is 12.0. The molecule has 1 aromatic rings. The van der Waals surface area contributed by atoms with Crippen LogP contribution in [0.15, 0.2) is 24.3 Å². The van der Waals surface area contributed by atoms with E-state index in [1.807, 2.05) is 32.0 Å². The number of hydrogen-bond acceptors (Lipinski definition) is 3. The molecule has 0 bridgehead atoms. The van der Waals surface area contributed by atoms with Crippen LogP contribution in [0.4, 0.5) is 5.69 Å². The maximum atomic E-state index is 12.6. The predicted molar refractivity (Wildman–Crippen MR) is 76.9 cm³/mol. The fraction of sp³-hybridized carbons (Fsp3) is 0.467. The van der Waals surface area contributed by atoms with Crippen molar-refractivity contribution in [3.05, 3.63) is 29.8 Å². The van der Waals surface area contributed by atoms with Gasteiger partial charge in [-0.05, 0) is 38.9 Å². The molecule has 108 valence electrons. The van der Waals surface area contributed by atoms with Crippen molar-refractivity contribution in [1.82, 2.24) is 5.32 Å². The van der Waals surface area contributed by atoms with Gasteiger partial charge in [0.2, 0.25) is 5.91 Å². The van der Waals surface area contributed by atoms with E-state index in [9.17, 15) is 14.7 Å². The number of hydrogen-bond donors (Lipinski definition) is 2. The third-order valence-electron chi connectivity index (χ3n) is 3.95. The highest BCUT2D eigenvalue weighted by Crippen LogP contribution is 2.36. The molecule has 0 fully saturated rings. The highest BCUT2D eigenvalue weighted by molar-refractivity contribution is 6.01. The van der Waals surface area contributed by atoms with Crippen LogP contribution in [0.25, 0.3) is 0 Å². The Morgan fingerprint density at radius 2 is 2.00 bits per heavy atom. The van der Waals surface area contributed by atoms with Gasteiger partial charge in [-0.1, -0.05) is 18.2 Å². The Labute approximate surface area is 118 Å². The van der Waals surface area contributed by atoms with Gasteiger partial charge >= 0.3 is 5.97 Å². The number of likely N-dealkylation sites (N-methyl/N-ethyl adjacent to an activating group) is 1. The van der Waals surface area contributed by atoms with Gasteiger partial charge in [0.1, 0.15) is 0 Å². The van der Waals surface area contributed by atoms with Crippen LogP contribution in [-0.4, -0.2) is 36.1 Å². The van der Waals surface area contributed by atoms with Crippen LogP contribution in [0.1, 0.15) is 31.7 Å². The molecule has 20 heavy (non-hydrogen) atoms. The highest BCUT2D eigenvalue weighted by atomic mass is 16.4. The molecule has 0 aromatic heterocycles. The molecule has 2 rings (SSSR count). The van der Waals surface area contributed by atoms with Gasteiger partial charge in [0.25, 0.3) is 0 Å². The molecule has 1 unspecified atom stereocenters. The first kappa shape index (κ1) is 14.5. The van der Waals surface area contributed by atoms with E-state index >= 15 is 0 Å². The smallest absolute Gasteiger partial charge is 0.311 e. The summed E-state index contributed by atoms with van der Waals surface area (Å²) in [5.74, 6) is -1.42. The van der Waals surface area contributed by atoms with Crippen LogP contribution in [0, 0.1) is 0 Å². The lowest BCUT2D eigenvalue weighted by atomic mass is 9.89. The lowest BCUT2D eigenvalue weighted by molar-refractivity contribution is -0.139. The van der Waals surface area contributed by atoms with Gasteiger partial charge in [0.15, 0.2) is 0 Å². The van der Waals surface area contributed by atoms with Crippen LogP contribution >= 0.6 is 0 Å². The second-order valence-electron chi connectivity index (χ2n) is 5.57. The average molecular weight is 276 g/mol. The van der Waals surface area contributed by atoms with Gasteiger partial charge in [-0.25, -0.2) is 0 Å². The number of nitrogens with one attached hydrogen (secondary N) is 1. The third-order valence-corrected chi connectivity index (χ3v) is 3.95. The van der Waals surface area contributed by atoms with Gasteiger partial charge in [-0.2, -0.15) is 0 Å². The molecular formula is C15H20N2O3. The summed E-state index contributed by atoms with van der Waals surface area (Å²) in [7, 11) is 1.74. The van der Waals surface area contributed by atoms with Crippen molar-refractivity contribution in [3.63, 3.8) is 0 Å². The number of anilines is 1. The van der Waals surface area contributed by atoms with Gasteiger partial charge in [-0.15, -0.1) is 0 Å². The Morgan fingerprint density at radius 3 is 2.60 bits per heavy atom. The third kappa shape index (κ3) is 2.41. The number of carbonyl (C=O) groups excluding carboxylic acids is 1. The highest BCUT2D eigenvalue weighted by Gasteiger charge is 2.37. The summed E-state index contributed by atoms with van der Waals surface area (Å²) in [5.41, 5.74) is 0.745. The van der Waals surface area contributed by atoms with Crippen LogP contribution in [0.3, 0.4) is 0 Å². The molecule has 1 aliphatic heterocycles.